The fourth-order valence-corrected chi connectivity index (χ4v) is 8.79. The first-order valence-electron chi connectivity index (χ1n) is 19.2. The molecular formula is C45H46Cl2N4O4. The molecule has 1 aromatic heterocycles. The Labute approximate surface area is 333 Å². The van der Waals surface area contributed by atoms with E-state index in [9.17, 15) is 0 Å². The lowest BCUT2D eigenvalue weighted by Gasteiger charge is -2.40. The number of morpholine rings is 1. The summed E-state index contributed by atoms with van der Waals surface area (Å²) in [5, 5.41) is 1.13. The lowest BCUT2D eigenvalue weighted by atomic mass is 9.92. The highest BCUT2D eigenvalue weighted by atomic mass is 35.5. The van der Waals surface area contributed by atoms with Crippen molar-refractivity contribution in [1.29, 1.82) is 0 Å². The van der Waals surface area contributed by atoms with E-state index in [0.29, 0.717) is 47.5 Å². The number of carbonyl (C=O) groups is 2. The average Bonchev–Trinajstić information content (AvgIpc) is 3.60. The highest BCUT2D eigenvalue weighted by Gasteiger charge is 2.35. The summed E-state index contributed by atoms with van der Waals surface area (Å²) in [6.45, 7) is 7.51. The summed E-state index contributed by atoms with van der Waals surface area (Å²) in [5.41, 5.74) is 8.92. The van der Waals surface area contributed by atoms with Crippen molar-refractivity contribution in [3.8, 4) is 17.0 Å². The zero-order valence-electron chi connectivity index (χ0n) is 31.4. The first kappa shape index (κ1) is 37.3. The molecule has 8 nitrogen and oxygen atoms in total. The molecule has 0 radical (unpaired) electrons. The fourth-order valence-electron chi connectivity index (χ4n) is 8.49. The number of rotatable bonds is 9. The average molecular weight is 778 g/mol. The van der Waals surface area contributed by atoms with Crippen LogP contribution in [0.5, 0.6) is 5.75 Å². The van der Waals surface area contributed by atoms with Gasteiger partial charge in [-0.15, -0.1) is 0 Å². The Balaban J connectivity index is 1.19. The summed E-state index contributed by atoms with van der Waals surface area (Å²) in [7, 11) is 1.66. The molecule has 2 amide bonds. The maximum absolute atomic E-state index is 15.0. The zero-order valence-corrected chi connectivity index (χ0v) is 32.9. The van der Waals surface area contributed by atoms with Gasteiger partial charge >= 0.3 is 0 Å². The second-order valence-corrected chi connectivity index (χ2v) is 15.6. The van der Waals surface area contributed by atoms with Gasteiger partial charge in [-0.2, -0.15) is 0 Å². The van der Waals surface area contributed by atoms with Gasteiger partial charge in [0.15, 0.2) is 0 Å². The smallest absolute Gasteiger partial charge is 0.260 e. The van der Waals surface area contributed by atoms with Gasteiger partial charge in [0.25, 0.3) is 11.8 Å². The Morgan fingerprint density at radius 3 is 2.40 bits per heavy atom. The standard InChI is InChI=1S/C45H46Cl2N4O4/c1-30-32(10-7-12-43(30)54-2)27-50(36-16-13-34(46)14-17-36)45(53)40-26-42(49-19-6-5-11-41(40)49)39-25-35(47)15-18-38(39)44(52)51-28-33-9-4-3-8-31(33)24-37(51)29-48-20-22-55-23-21-48/h3-4,7-10,12-18,25-26,37H,5-6,11,19-24,27-29H2,1-2H3/t37-/m0/s1. The molecule has 0 aliphatic carbocycles. The molecule has 1 atom stereocenters. The second kappa shape index (κ2) is 16.2. The molecule has 3 aliphatic rings. The maximum Gasteiger partial charge on any atom is 0.260 e. The first-order valence-corrected chi connectivity index (χ1v) is 19.9. The molecule has 0 spiro atoms. The highest BCUT2D eigenvalue weighted by molar-refractivity contribution is 6.31. The third-order valence-corrected chi connectivity index (χ3v) is 12.0. The van der Waals surface area contributed by atoms with E-state index >= 15 is 9.59 Å². The number of methoxy groups -OCH3 is 1. The number of carbonyl (C=O) groups excluding carboxylic acids is 2. The maximum atomic E-state index is 15.0. The number of nitrogens with zero attached hydrogens (tertiary/aromatic N) is 4. The van der Waals surface area contributed by atoms with Crippen molar-refractivity contribution in [2.45, 2.75) is 58.3 Å². The number of benzene rings is 4. The Morgan fingerprint density at radius 2 is 1.62 bits per heavy atom. The Bertz CT molecular complexity index is 2210. The summed E-state index contributed by atoms with van der Waals surface area (Å²) in [5.74, 6) is 0.622. The monoisotopic (exact) mass is 776 g/mol. The van der Waals surface area contributed by atoms with E-state index in [1.165, 1.54) is 11.1 Å². The lowest BCUT2D eigenvalue weighted by Crippen LogP contribution is -2.52. The van der Waals surface area contributed by atoms with Crippen molar-refractivity contribution >= 4 is 40.7 Å². The number of anilines is 1. The van der Waals surface area contributed by atoms with Crippen molar-refractivity contribution in [2.75, 3.05) is 44.9 Å². The Kier molecular flexibility index (Phi) is 11.0. The number of amides is 2. The quantitative estimate of drug-likeness (QED) is 0.150. The lowest BCUT2D eigenvalue weighted by molar-refractivity contribution is 0.0193. The van der Waals surface area contributed by atoms with Gasteiger partial charge in [0.05, 0.1) is 32.4 Å². The van der Waals surface area contributed by atoms with Crippen molar-refractivity contribution in [2.24, 2.45) is 0 Å². The van der Waals surface area contributed by atoms with Crippen LogP contribution in [0.15, 0.2) is 91.0 Å². The molecule has 1 saturated heterocycles. The van der Waals surface area contributed by atoms with Gasteiger partial charge in [-0.05, 0) is 109 Å². The van der Waals surface area contributed by atoms with Gasteiger partial charge in [0, 0.05) is 77.0 Å². The predicted octanol–water partition coefficient (Wildman–Crippen LogP) is 8.86. The van der Waals surface area contributed by atoms with E-state index in [-0.39, 0.29) is 17.9 Å². The van der Waals surface area contributed by atoms with Gasteiger partial charge in [-0.25, -0.2) is 0 Å². The molecular weight excluding hydrogens is 731 g/mol. The summed E-state index contributed by atoms with van der Waals surface area (Å²) in [6.07, 6.45) is 3.48. The Morgan fingerprint density at radius 1 is 0.855 bits per heavy atom. The predicted molar refractivity (Wildman–Crippen MR) is 219 cm³/mol. The number of hydrogen-bond donors (Lipinski definition) is 0. The molecule has 10 heteroatoms. The van der Waals surface area contributed by atoms with Gasteiger partial charge < -0.3 is 23.8 Å². The van der Waals surface area contributed by atoms with Crippen molar-refractivity contribution in [3.05, 3.63) is 140 Å². The number of hydrogen-bond acceptors (Lipinski definition) is 5. The highest BCUT2D eigenvalue weighted by Crippen LogP contribution is 2.37. The fraction of sp³-hybridized carbons (Fsp3) is 0.333. The minimum Gasteiger partial charge on any atom is -0.496 e. The summed E-state index contributed by atoms with van der Waals surface area (Å²) in [4.78, 5) is 36.3. The molecule has 0 N–H and O–H groups in total. The van der Waals surface area contributed by atoms with Crippen LogP contribution in [-0.4, -0.2) is 72.2 Å². The van der Waals surface area contributed by atoms with Crippen LogP contribution >= 0.6 is 23.2 Å². The number of halogens is 2. The van der Waals surface area contributed by atoms with Crippen LogP contribution in [0.4, 0.5) is 5.69 Å². The van der Waals surface area contributed by atoms with E-state index in [1.807, 2.05) is 78.6 Å². The third-order valence-electron chi connectivity index (χ3n) is 11.5. The van der Waals surface area contributed by atoms with E-state index in [4.69, 9.17) is 32.7 Å². The van der Waals surface area contributed by atoms with E-state index in [0.717, 1.165) is 91.4 Å². The molecule has 3 aliphatic heterocycles. The van der Waals surface area contributed by atoms with E-state index in [2.05, 4.69) is 32.6 Å². The van der Waals surface area contributed by atoms with Crippen LogP contribution in [-0.2, 0) is 37.2 Å². The topological polar surface area (TPSA) is 67.2 Å². The number of ether oxygens (including phenoxy) is 2. The largest absolute Gasteiger partial charge is 0.496 e. The van der Waals surface area contributed by atoms with Crippen LogP contribution in [0.25, 0.3) is 11.3 Å². The van der Waals surface area contributed by atoms with Crippen LogP contribution in [0.2, 0.25) is 10.0 Å². The van der Waals surface area contributed by atoms with Gasteiger partial charge in [0.2, 0.25) is 0 Å². The van der Waals surface area contributed by atoms with Crippen molar-refractivity contribution in [3.63, 3.8) is 0 Å². The molecule has 0 saturated carbocycles. The van der Waals surface area contributed by atoms with Crippen molar-refractivity contribution in [1.82, 2.24) is 14.4 Å². The Hall–Kier alpha value is -4.60. The second-order valence-electron chi connectivity index (χ2n) is 14.8. The summed E-state index contributed by atoms with van der Waals surface area (Å²) in [6, 6.07) is 29.3. The number of fused-ring (bicyclic) bond motifs is 2. The van der Waals surface area contributed by atoms with Crippen LogP contribution in [0, 0.1) is 6.92 Å². The molecule has 55 heavy (non-hydrogen) atoms. The van der Waals surface area contributed by atoms with E-state index in [1.54, 1.807) is 13.2 Å². The summed E-state index contributed by atoms with van der Waals surface area (Å²) >= 11 is 13.1. The molecule has 0 unspecified atom stereocenters. The van der Waals surface area contributed by atoms with Crippen LogP contribution in [0.3, 0.4) is 0 Å². The number of aromatic nitrogens is 1. The normalized spacial score (nSPS) is 17.0. The van der Waals surface area contributed by atoms with Gasteiger partial charge in [-0.3, -0.25) is 14.5 Å². The first-order chi connectivity index (χ1) is 26.8. The summed E-state index contributed by atoms with van der Waals surface area (Å²) < 4.78 is 13.5. The minimum absolute atomic E-state index is 0.00426. The molecule has 4 heterocycles. The molecule has 4 aromatic carbocycles. The molecule has 1 fully saturated rings. The van der Waals surface area contributed by atoms with Gasteiger partial charge in [0.1, 0.15) is 5.75 Å². The third kappa shape index (κ3) is 7.66. The van der Waals surface area contributed by atoms with Crippen LogP contribution in [0.1, 0.15) is 61.5 Å². The minimum atomic E-state index is -0.116. The molecule has 5 aromatic rings. The zero-order chi connectivity index (χ0) is 38.1. The SMILES string of the molecule is COc1cccc(CN(C(=O)c2cc(-c3cc(Cl)ccc3C(=O)N3Cc4ccccc4C[C@H]3CN3CCOCC3)n3c2CCCC3)c2ccc(Cl)cc2)c1C. The molecule has 8 rings (SSSR count). The van der Waals surface area contributed by atoms with E-state index < -0.39 is 0 Å². The van der Waals surface area contributed by atoms with Crippen molar-refractivity contribution < 1.29 is 19.1 Å². The van der Waals surface area contributed by atoms with Gasteiger partial charge in [-0.1, -0.05) is 59.6 Å². The van der Waals surface area contributed by atoms with Crippen LogP contribution < -0.4 is 9.64 Å². The molecule has 284 valence electrons. The molecule has 0 bridgehead atoms.